The van der Waals surface area contributed by atoms with Gasteiger partial charge in [0.25, 0.3) is 5.56 Å². The number of carbonyl (C=O) groups excluding carboxylic acids is 1. The van der Waals surface area contributed by atoms with E-state index in [1.807, 2.05) is 13.8 Å². The van der Waals surface area contributed by atoms with Gasteiger partial charge in [-0.3, -0.25) is 9.59 Å². The first kappa shape index (κ1) is 16.3. The lowest BCUT2D eigenvalue weighted by Gasteiger charge is -2.02. The lowest BCUT2D eigenvalue weighted by molar-refractivity contribution is -0.116. The highest BCUT2D eigenvalue weighted by Crippen LogP contribution is 2.42. The largest absolute Gasteiger partial charge is 0.310 e. The molecule has 130 valence electrons. The van der Waals surface area contributed by atoms with E-state index in [0.717, 1.165) is 33.1 Å². The summed E-state index contributed by atoms with van der Waals surface area (Å²) in [5.41, 5.74) is 0.834. The number of fused-ring (bicyclic) bond motifs is 1. The second kappa shape index (κ2) is 6.30. The topological polar surface area (TPSA) is 101 Å². The van der Waals surface area contributed by atoms with Crippen molar-refractivity contribution in [3.8, 4) is 0 Å². The Morgan fingerprint density at radius 2 is 2.08 bits per heavy atom. The van der Waals surface area contributed by atoms with E-state index >= 15 is 0 Å². The first-order valence-electron chi connectivity index (χ1n) is 8.13. The lowest BCUT2D eigenvalue weighted by atomic mass is 10.2. The quantitative estimate of drug-likeness (QED) is 0.714. The summed E-state index contributed by atoms with van der Waals surface area (Å²) in [5, 5.41) is 13.1. The molecule has 9 heteroatoms. The Kier molecular flexibility index (Phi) is 4.12. The van der Waals surface area contributed by atoms with E-state index in [1.165, 1.54) is 22.7 Å². The SMILES string of the molecule is Cc1sc2nc(CCC(=O)Nc3nnc(C4CC4)s3)[nH]c(=O)c2c1C. The van der Waals surface area contributed by atoms with Gasteiger partial charge in [-0.25, -0.2) is 4.98 Å². The number of nitrogens with zero attached hydrogens (tertiary/aromatic N) is 3. The molecule has 1 aliphatic rings. The van der Waals surface area contributed by atoms with Crippen LogP contribution in [0.3, 0.4) is 0 Å². The minimum Gasteiger partial charge on any atom is -0.310 e. The maximum atomic E-state index is 12.2. The molecule has 0 saturated heterocycles. The first-order chi connectivity index (χ1) is 12.0. The predicted molar refractivity (Wildman–Crippen MR) is 98.5 cm³/mol. The zero-order chi connectivity index (χ0) is 17.6. The fraction of sp³-hybridized carbons (Fsp3) is 0.438. The summed E-state index contributed by atoms with van der Waals surface area (Å²) in [6.07, 6.45) is 2.93. The smallest absolute Gasteiger partial charge is 0.259 e. The van der Waals surface area contributed by atoms with Crippen LogP contribution in [-0.4, -0.2) is 26.1 Å². The zero-order valence-electron chi connectivity index (χ0n) is 13.9. The van der Waals surface area contributed by atoms with Crippen molar-refractivity contribution in [3.05, 3.63) is 31.6 Å². The van der Waals surface area contributed by atoms with Crippen LogP contribution in [0.25, 0.3) is 10.2 Å². The molecule has 3 aromatic rings. The van der Waals surface area contributed by atoms with Crippen LogP contribution >= 0.6 is 22.7 Å². The number of hydrogen-bond acceptors (Lipinski definition) is 7. The summed E-state index contributed by atoms with van der Waals surface area (Å²) in [4.78, 5) is 33.4. The normalized spacial score (nSPS) is 14.2. The Hall–Kier alpha value is -2.13. The summed E-state index contributed by atoms with van der Waals surface area (Å²) in [6.45, 7) is 3.91. The number of nitrogens with one attached hydrogen (secondary N) is 2. The molecule has 0 aliphatic heterocycles. The van der Waals surface area contributed by atoms with Gasteiger partial charge in [-0.05, 0) is 32.3 Å². The maximum absolute atomic E-state index is 12.2. The number of aromatic amines is 1. The van der Waals surface area contributed by atoms with Crippen molar-refractivity contribution in [3.63, 3.8) is 0 Å². The van der Waals surface area contributed by atoms with Gasteiger partial charge in [0.15, 0.2) is 0 Å². The van der Waals surface area contributed by atoms with E-state index in [9.17, 15) is 9.59 Å². The third-order valence-corrected chi connectivity index (χ3v) is 6.39. The summed E-state index contributed by atoms with van der Waals surface area (Å²) in [5.74, 6) is 0.909. The molecule has 1 fully saturated rings. The molecule has 0 unspecified atom stereocenters. The number of amides is 1. The number of anilines is 1. The molecule has 3 aromatic heterocycles. The molecule has 1 saturated carbocycles. The standard InChI is InChI=1S/C16H17N5O2S2/c1-7-8(2)24-15-12(7)13(23)17-10(18-15)5-6-11(22)19-16-21-20-14(25-16)9-3-4-9/h9H,3-6H2,1-2H3,(H,17,18,23)(H,19,21,22). The molecule has 4 rings (SSSR count). The second-order valence-corrected chi connectivity index (χ2v) is 8.46. The van der Waals surface area contributed by atoms with Crippen molar-refractivity contribution in [2.75, 3.05) is 5.32 Å². The number of H-pyrrole nitrogens is 1. The van der Waals surface area contributed by atoms with Crippen LogP contribution in [0.4, 0.5) is 5.13 Å². The molecule has 0 bridgehead atoms. The highest BCUT2D eigenvalue weighted by Gasteiger charge is 2.27. The van der Waals surface area contributed by atoms with Gasteiger partial charge in [-0.15, -0.1) is 21.5 Å². The van der Waals surface area contributed by atoms with Gasteiger partial charge in [0.05, 0.1) is 5.39 Å². The van der Waals surface area contributed by atoms with Gasteiger partial charge in [0.2, 0.25) is 11.0 Å². The Morgan fingerprint density at radius 3 is 2.84 bits per heavy atom. The van der Waals surface area contributed by atoms with Crippen LogP contribution in [0, 0.1) is 13.8 Å². The fourth-order valence-corrected chi connectivity index (χ4v) is 4.59. The number of rotatable bonds is 5. The van der Waals surface area contributed by atoms with E-state index in [0.29, 0.717) is 28.7 Å². The predicted octanol–water partition coefficient (Wildman–Crippen LogP) is 2.90. The van der Waals surface area contributed by atoms with Crippen molar-refractivity contribution in [2.45, 2.75) is 45.4 Å². The first-order valence-corrected chi connectivity index (χ1v) is 9.76. The molecule has 0 atom stereocenters. The van der Waals surface area contributed by atoms with Crippen LogP contribution < -0.4 is 10.9 Å². The van der Waals surface area contributed by atoms with Crippen LogP contribution in [0.2, 0.25) is 0 Å². The minimum absolute atomic E-state index is 0.138. The van der Waals surface area contributed by atoms with Crippen LogP contribution in [0.15, 0.2) is 4.79 Å². The molecular weight excluding hydrogens is 358 g/mol. The molecule has 1 amide bonds. The highest BCUT2D eigenvalue weighted by molar-refractivity contribution is 7.18. The molecular formula is C16H17N5O2S2. The average molecular weight is 375 g/mol. The van der Waals surface area contributed by atoms with E-state index in [1.54, 1.807) is 0 Å². The maximum Gasteiger partial charge on any atom is 0.259 e. The lowest BCUT2D eigenvalue weighted by Crippen LogP contribution is -2.16. The van der Waals surface area contributed by atoms with Gasteiger partial charge in [0, 0.05) is 23.6 Å². The molecule has 7 nitrogen and oxygen atoms in total. The van der Waals surface area contributed by atoms with Crippen molar-refractivity contribution >= 4 is 43.9 Å². The fourth-order valence-electron chi connectivity index (χ4n) is 2.61. The average Bonchev–Trinajstić information content (AvgIpc) is 3.25. The summed E-state index contributed by atoms with van der Waals surface area (Å²) in [7, 11) is 0. The summed E-state index contributed by atoms with van der Waals surface area (Å²) >= 11 is 2.94. The van der Waals surface area contributed by atoms with Gasteiger partial charge in [0.1, 0.15) is 15.7 Å². The molecule has 0 spiro atoms. The van der Waals surface area contributed by atoms with Gasteiger partial charge in [-0.1, -0.05) is 11.3 Å². The minimum atomic E-state index is -0.153. The van der Waals surface area contributed by atoms with Crippen molar-refractivity contribution in [2.24, 2.45) is 0 Å². The van der Waals surface area contributed by atoms with Crippen molar-refractivity contribution in [1.29, 1.82) is 0 Å². The van der Waals surface area contributed by atoms with Crippen LogP contribution in [0.1, 0.15) is 46.5 Å². The van der Waals surface area contributed by atoms with Gasteiger partial charge >= 0.3 is 0 Å². The third-order valence-electron chi connectivity index (χ3n) is 4.29. The summed E-state index contributed by atoms with van der Waals surface area (Å²) < 4.78 is 0. The number of carbonyl (C=O) groups is 1. The number of aromatic nitrogens is 4. The van der Waals surface area contributed by atoms with Gasteiger partial charge in [-0.2, -0.15) is 0 Å². The van der Waals surface area contributed by atoms with E-state index < -0.39 is 0 Å². The Balaban J connectivity index is 1.42. The summed E-state index contributed by atoms with van der Waals surface area (Å²) in [6, 6.07) is 0. The molecule has 3 heterocycles. The van der Waals surface area contributed by atoms with Gasteiger partial charge < -0.3 is 10.3 Å². The van der Waals surface area contributed by atoms with Crippen molar-refractivity contribution in [1.82, 2.24) is 20.2 Å². The Morgan fingerprint density at radius 1 is 1.28 bits per heavy atom. The molecule has 25 heavy (non-hydrogen) atoms. The number of aryl methyl sites for hydroxylation is 3. The molecule has 0 radical (unpaired) electrons. The molecule has 1 aliphatic carbocycles. The third kappa shape index (κ3) is 3.34. The second-order valence-electron chi connectivity index (χ2n) is 6.24. The molecule has 0 aromatic carbocycles. The van der Waals surface area contributed by atoms with E-state index in [4.69, 9.17) is 0 Å². The van der Waals surface area contributed by atoms with E-state index in [-0.39, 0.29) is 17.9 Å². The van der Waals surface area contributed by atoms with Crippen LogP contribution in [0.5, 0.6) is 0 Å². The molecule has 2 N–H and O–H groups in total. The highest BCUT2D eigenvalue weighted by atomic mass is 32.1. The zero-order valence-corrected chi connectivity index (χ0v) is 15.5. The van der Waals surface area contributed by atoms with Crippen molar-refractivity contribution < 1.29 is 4.79 Å². The van der Waals surface area contributed by atoms with Crippen LogP contribution in [-0.2, 0) is 11.2 Å². The Bertz CT molecular complexity index is 1020. The number of thiophene rings is 1. The monoisotopic (exact) mass is 375 g/mol. The van der Waals surface area contributed by atoms with E-state index in [2.05, 4.69) is 25.5 Å². The Labute approximate surface area is 151 Å². The number of hydrogen-bond donors (Lipinski definition) is 2.